The highest BCUT2D eigenvalue weighted by Crippen LogP contribution is 1.76. The van der Waals surface area contributed by atoms with Gasteiger partial charge in [0.2, 0.25) is 0 Å². The van der Waals surface area contributed by atoms with E-state index in [1.165, 1.54) is 0 Å². The van der Waals surface area contributed by atoms with E-state index in [-0.39, 0.29) is 0 Å². The van der Waals surface area contributed by atoms with Crippen LogP contribution in [0.3, 0.4) is 0 Å². The Balaban J connectivity index is 3.48. The highest BCUT2D eigenvalue weighted by atomic mass is 15.4. The van der Waals surface area contributed by atoms with Gasteiger partial charge in [-0.1, -0.05) is 6.92 Å². The zero-order chi connectivity index (χ0) is 7.11. The van der Waals surface area contributed by atoms with E-state index in [1.807, 2.05) is 20.2 Å². The molecule has 0 bridgehead atoms. The molecule has 0 fully saturated rings. The molecule has 3 heteroatoms. The summed E-state index contributed by atoms with van der Waals surface area (Å²) < 4.78 is 0. The Morgan fingerprint density at radius 3 is 2.67 bits per heavy atom. The average Bonchev–Trinajstić information content (AvgIpc) is 1.85. The first-order valence-corrected chi connectivity index (χ1v) is 2.98. The summed E-state index contributed by atoms with van der Waals surface area (Å²) in [6, 6.07) is 0. The van der Waals surface area contributed by atoms with Gasteiger partial charge in [-0.15, -0.1) is 0 Å². The molecule has 0 saturated heterocycles. The summed E-state index contributed by atoms with van der Waals surface area (Å²) in [5.74, 6) is 0. The van der Waals surface area contributed by atoms with Crippen LogP contribution in [0, 0.1) is 0 Å². The molecule has 0 radical (unpaired) electrons. The lowest BCUT2D eigenvalue weighted by Crippen LogP contribution is -2.07. The summed E-state index contributed by atoms with van der Waals surface area (Å²) >= 11 is 0. The molecule has 0 rings (SSSR count). The lowest BCUT2D eigenvalue weighted by atomic mass is 10.6. The predicted molar refractivity (Wildman–Crippen MR) is 41.0 cm³/mol. The van der Waals surface area contributed by atoms with Gasteiger partial charge in [-0.3, -0.25) is 10.0 Å². The Hall–Kier alpha value is -0.860. The van der Waals surface area contributed by atoms with Gasteiger partial charge in [0.15, 0.2) is 0 Å². The maximum absolute atomic E-state index is 3.99. The molecule has 0 aliphatic heterocycles. The molecule has 0 saturated carbocycles. The zero-order valence-electron chi connectivity index (χ0n) is 6.20. The Kier molecular flexibility index (Phi) is 4.78. The van der Waals surface area contributed by atoms with E-state index in [1.54, 1.807) is 18.4 Å². The Bertz CT molecular complexity index is 107. The van der Waals surface area contributed by atoms with Crippen molar-refractivity contribution in [2.24, 2.45) is 10.1 Å². The first kappa shape index (κ1) is 8.14. The minimum atomic E-state index is 0.960. The standard InChI is InChI=1S/C6H13N3/c1-4-5-8-9(3)6-7-2/h5-6H,4H2,1-3H3/b7-6-,8-5+. The van der Waals surface area contributed by atoms with Crippen molar-refractivity contribution in [3.8, 4) is 0 Å². The maximum Gasteiger partial charge on any atom is 0.105 e. The first-order chi connectivity index (χ1) is 4.31. The van der Waals surface area contributed by atoms with Gasteiger partial charge >= 0.3 is 0 Å². The van der Waals surface area contributed by atoms with Gasteiger partial charge in [0.25, 0.3) is 0 Å². The van der Waals surface area contributed by atoms with E-state index in [0.717, 1.165) is 6.42 Å². The smallest absolute Gasteiger partial charge is 0.105 e. The largest absolute Gasteiger partial charge is 0.277 e. The topological polar surface area (TPSA) is 28.0 Å². The second-order valence-electron chi connectivity index (χ2n) is 1.65. The van der Waals surface area contributed by atoms with E-state index in [9.17, 15) is 0 Å². The molecule has 0 aromatic rings. The SMILES string of the molecule is CC/C=N/N(C)/C=N\C. The highest BCUT2D eigenvalue weighted by Gasteiger charge is 1.78. The average molecular weight is 127 g/mol. The number of hydrogen-bond acceptors (Lipinski definition) is 2. The van der Waals surface area contributed by atoms with Gasteiger partial charge in [0.1, 0.15) is 6.34 Å². The molecular weight excluding hydrogens is 114 g/mol. The maximum atomic E-state index is 3.99. The minimum absolute atomic E-state index is 0.960. The molecule has 9 heavy (non-hydrogen) atoms. The fourth-order valence-corrected chi connectivity index (χ4v) is 0.407. The quantitative estimate of drug-likeness (QED) is 0.315. The van der Waals surface area contributed by atoms with Crippen LogP contribution in [0.4, 0.5) is 0 Å². The van der Waals surface area contributed by atoms with Crippen molar-refractivity contribution in [1.29, 1.82) is 0 Å². The second kappa shape index (κ2) is 5.28. The van der Waals surface area contributed by atoms with Crippen molar-refractivity contribution in [2.45, 2.75) is 13.3 Å². The number of hydrazone groups is 1. The van der Waals surface area contributed by atoms with Crippen molar-refractivity contribution in [2.75, 3.05) is 14.1 Å². The van der Waals surface area contributed by atoms with Crippen LogP contribution in [0.15, 0.2) is 10.1 Å². The molecule has 0 aromatic carbocycles. The van der Waals surface area contributed by atoms with Crippen molar-refractivity contribution in [1.82, 2.24) is 5.01 Å². The highest BCUT2D eigenvalue weighted by molar-refractivity contribution is 5.60. The summed E-state index contributed by atoms with van der Waals surface area (Å²) in [6.45, 7) is 2.04. The van der Waals surface area contributed by atoms with Gasteiger partial charge in [0, 0.05) is 20.3 Å². The van der Waals surface area contributed by atoms with Gasteiger partial charge in [-0.2, -0.15) is 5.10 Å². The van der Waals surface area contributed by atoms with Crippen molar-refractivity contribution >= 4 is 12.6 Å². The lowest BCUT2D eigenvalue weighted by molar-refractivity contribution is 0.562. The van der Waals surface area contributed by atoms with Crippen LogP contribution < -0.4 is 0 Å². The molecule has 0 amide bonds. The van der Waals surface area contributed by atoms with Crippen molar-refractivity contribution < 1.29 is 0 Å². The van der Waals surface area contributed by atoms with Crippen molar-refractivity contribution in [3.63, 3.8) is 0 Å². The third-order valence-corrected chi connectivity index (χ3v) is 0.729. The zero-order valence-corrected chi connectivity index (χ0v) is 6.20. The van der Waals surface area contributed by atoms with Crippen LogP contribution in [0.1, 0.15) is 13.3 Å². The Morgan fingerprint density at radius 1 is 1.56 bits per heavy atom. The van der Waals surface area contributed by atoms with E-state index < -0.39 is 0 Å². The fraction of sp³-hybridized carbons (Fsp3) is 0.667. The third kappa shape index (κ3) is 5.00. The van der Waals surface area contributed by atoms with E-state index in [4.69, 9.17) is 0 Å². The van der Waals surface area contributed by atoms with E-state index in [2.05, 4.69) is 10.1 Å². The van der Waals surface area contributed by atoms with Gasteiger partial charge in [0.05, 0.1) is 0 Å². The Morgan fingerprint density at radius 2 is 2.22 bits per heavy atom. The fourth-order valence-electron chi connectivity index (χ4n) is 0.407. The van der Waals surface area contributed by atoms with E-state index >= 15 is 0 Å². The lowest BCUT2D eigenvalue weighted by Gasteiger charge is -2.01. The van der Waals surface area contributed by atoms with E-state index in [0.29, 0.717) is 0 Å². The van der Waals surface area contributed by atoms with Crippen LogP contribution in [-0.2, 0) is 0 Å². The van der Waals surface area contributed by atoms with Crippen molar-refractivity contribution in [3.05, 3.63) is 0 Å². The molecule has 0 atom stereocenters. The summed E-state index contributed by atoms with van der Waals surface area (Å²) in [6.07, 6.45) is 4.45. The summed E-state index contributed by atoms with van der Waals surface area (Å²) in [4.78, 5) is 3.78. The van der Waals surface area contributed by atoms with Gasteiger partial charge in [-0.05, 0) is 6.42 Å². The molecule has 52 valence electrons. The number of hydrogen-bond donors (Lipinski definition) is 0. The molecule has 0 aliphatic carbocycles. The normalized spacial score (nSPS) is 11.4. The van der Waals surface area contributed by atoms with Crippen LogP contribution in [-0.4, -0.2) is 31.7 Å². The third-order valence-electron chi connectivity index (χ3n) is 0.729. The summed E-state index contributed by atoms with van der Waals surface area (Å²) in [5, 5.41) is 5.66. The number of aliphatic imine (C=N–C) groups is 1. The number of rotatable bonds is 3. The van der Waals surface area contributed by atoms with Crippen LogP contribution in [0.5, 0.6) is 0 Å². The second-order valence-corrected chi connectivity index (χ2v) is 1.65. The van der Waals surface area contributed by atoms with Crippen LogP contribution in [0.25, 0.3) is 0 Å². The molecule has 0 N–H and O–H groups in total. The predicted octanol–water partition coefficient (Wildman–Crippen LogP) is 0.972. The summed E-state index contributed by atoms with van der Waals surface area (Å²) in [5.41, 5.74) is 0. The molecule has 0 spiro atoms. The monoisotopic (exact) mass is 127 g/mol. The van der Waals surface area contributed by atoms with Crippen LogP contribution >= 0.6 is 0 Å². The summed E-state index contributed by atoms with van der Waals surface area (Å²) in [7, 11) is 3.57. The Labute approximate surface area is 56.1 Å². The molecule has 0 aliphatic rings. The number of nitrogens with zero attached hydrogens (tertiary/aromatic N) is 3. The molecule has 0 aromatic heterocycles. The molecule has 0 heterocycles. The molecule has 3 nitrogen and oxygen atoms in total. The minimum Gasteiger partial charge on any atom is -0.277 e. The van der Waals surface area contributed by atoms with Gasteiger partial charge < -0.3 is 0 Å². The molecule has 0 unspecified atom stereocenters. The molecular formula is C6H13N3. The van der Waals surface area contributed by atoms with Crippen LogP contribution in [0.2, 0.25) is 0 Å². The van der Waals surface area contributed by atoms with Gasteiger partial charge in [-0.25, -0.2) is 0 Å². The first-order valence-electron chi connectivity index (χ1n) is 2.98.